The van der Waals surface area contributed by atoms with Crippen LogP contribution in [-0.2, 0) is 9.59 Å². The lowest BCUT2D eigenvalue weighted by atomic mass is 10.0. The number of halogens is 1. The van der Waals surface area contributed by atoms with Crippen LogP contribution in [0.3, 0.4) is 0 Å². The van der Waals surface area contributed by atoms with Gasteiger partial charge >= 0.3 is 0 Å². The number of carbonyl (C=O) groups excluding carboxylic acids is 2. The molecule has 0 atom stereocenters. The van der Waals surface area contributed by atoms with Gasteiger partial charge in [0.2, 0.25) is 11.8 Å². The van der Waals surface area contributed by atoms with Crippen molar-refractivity contribution in [3.05, 3.63) is 53.1 Å². The molecular weight excluding hydrogens is 378 g/mol. The molecule has 2 aromatic rings. The quantitative estimate of drug-likeness (QED) is 0.699. The summed E-state index contributed by atoms with van der Waals surface area (Å²) in [5.41, 5.74) is 2.36. The molecule has 2 N–H and O–H groups in total. The number of likely N-dealkylation sites (N-methyl/N-ethyl adjacent to an activating group) is 1. The SMILES string of the molecule is COc1ccc(Cl)cc1NC(=O)CN(C)CC(=O)Nc1ccccc1C(C)C. The number of ether oxygens (including phenoxy) is 1. The number of anilines is 2. The van der Waals surface area contributed by atoms with Gasteiger partial charge in [-0.1, -0.05) is 43.6 Å². The minimum atomic E-state index is -0.265. The molecule has 0 radical (unpaired) electrons. The molecule has 0 aliphatic rings. The first kappa shape index (κ1) is 21.7. The summed E-state index contributed by atoms with van der Waals surface area (Å²) in [7, 11) is 3.23. The van der Waals surface area contributed by atoms with Crippen molar-refractivity contribution in [2.24, 2.45) is 0 Å². The van der Waals surface area contributed by atoms with E-state index >= 15 is 0 Å². The highest BCUT2D eigenvalue weighted by atomic mass is 35.5. The molecule has 6 nitrogen and oxygen atoms in total. The summed E-state index contributed by atoms with van der Waals surface area (Å²) in [5.74, 6) is 0.373. The first-order chi connectivity index (χ1) is 13.3. The van der Waals surface area contributed by atoms with E-state index in [0.29, 0.717) is 22.4 Å². The van der Waals surface area contributed by atoms with E-state index in [0.717, 1.165) is 11.3 Å². The molecular formula is C21H26ClN3O3. The van der Waals surface area contributed by atoms with Crippen molar-refractivity contribution in [2.75, 3.05) is 37.9 Å². The van der Waals surface area contributed by atoms with Crippen LogP contribution in [0.4, 0.5) is 11.4 Å². The fourth-order valence-corrected chi connectivity index (χ4v) is 2.99. The van der Waals surface area contributed by atoms with Crippen LogP contribution in [0.1, 0.15) is 25.3 Å². The van der Waals surface area contributed by atoms with Crippen molar-refractivity contribution >= 4 is 34.8 Å². The predicted octanol–water partition coefficient (Wildman–Crippen LogP) is 3.98. The van der Waals surface area contributed by atoms with Gasteiger partial charge in [-0.15, -0.1) is 0 Å². The Bertz CT molecular complexity index is 839. The number of rotatable bonds is 8. The highest BCUT2D eigenvalue weighted by Crippen LogP contribution is 2.27. The molecule has 0 fully saturated rings. The first-order valence-corrected chi connectivity index (χ1v) is 9.38. The van der Waals surface area contributed by atoms with Crippen molar-refractivity contribution in [1.82, 2.24) is 4.90 Å². The van der Waals surface area contributed by atoms with Gasteiger partial charge in [-0.2, -0.15) is 0 Å². The largest absolute Gasteiger partial charge is 0.495 e. The van der Waals surface area contributed by atoms with Crippen molar-refractivity contribution in [2.45, 2.75) is 19.8 Å². The minimum absolute atomic E-state index is 0.0505. The zero-order valence-electron chi connectivity index (χ0n) is 16.6. The van der Waals surface area contributed by atoms with E-state index in [2.05, 4.69) is 24.5 Å². The predicted molar refractivity (Wildman–Crippen MR) is 113 cm³/mol. The van der Waals surface area contributed by atoms with Crippen molar-refractivity contribution in [3.8, 4) is 5.75 Å². The average molecular weight is 404 g/mol. The molecule has 0 saturated heterocycles. The van der Waals surface area contributed by atoms with E-state index in [4.69, 9.17) is 16.3 Å². The molecule has 2 amide bonds. The summed E-state index contributed by atoms with van der Waals surface area (Å²) >= 11 is 5.97. The van der Waals surface area contributed by atoms with Gasteiger partial charge in [0.05, 0.1) is 25.9 Å². The summed E-state index contributed by atoms with van der Waals surface area (Å²) < 4.78 is 5.22. The number of nitrogens with zero attached hydrogens (tertiary/aromatic N) is 1. The Balaban J connectivity index is 1.91. The number of benzene rings is 2. The third-order valence-corrected chi connectivity index (χ3v) is 4.35. The fraction of sp³-hybridized carbons (Fsp3) is 0.333. The average Bonchev–Trinajstić information content (AvgIpc) is 2.61. The van der Waals surface area contributed by atoms with Gasteiger partial charge < -0.3 is 15.4 Å². The Hall–Kier alpha value is -2.57. The van der Waals surface area contributed by atoms with Gasteiger partial charge in [-0.3, -0.25) is 14.5 Å². The molecule has 0 saturated carbocycles. The maximum absolute atomic E-state index is 12.4. The van der Waals surface area contributed by atoms with E-state index in [9.17, 15) is 9.59 Å². The maximum atomic E-state index is 12.4. The molecule has 2 aromatic carbocycles. The van der Waals surface area contributed by atoms with Gasteiger partial charge in [0.25, 0.3) is 0 Å². The van der Waals surface area contributed by atoms with Crippen LogP contribution in [0, 0.1) is 0 Å². The highest BCUT2D eigenvalue weighted by molar-refractivity contribution is 6.31. The molecule has 0 aliphatic heterocycles. The number of hydrogen-bond donors (Lipinski definition) is 2. The van der Waals surface area contributed by atoms with Crippen LogP contribution in [0.5, 0.6) is 5.75 Å². The van der Waals surface area contributed by atoms with Crippen LogP contribution in [0.15, 0.2) is 42.5 Å². The van der Waals surface area contributed by atoms with Crippen molar-refractivity contribution in [1.29, 1.82) is 0 Å². The number of hydrogen-bond acceptors (Lipinski definition) is 4. The molecule has 0 bridgehead atoms. The van der Waals surface area contributed by atoms with Crippen LogP contribution in [0.25, 0.3) is 0 Å². The van der Waals surface area contributed by atoms with Gasteiger partial charge in [-0.05, 0) is 42.8 Å². The van der Waals surface area contributed by atoms with E-state index < -0.39 is 0 Å². The van der Waals surface area contributed by atoms with Crippen LogP contribution in [-0.4, -0.2) is 44.0 Å². The molecule has 28 heavy (non-hydrogen) atoms. The number of methoxy groups -OCH3 is 1. The number of para-hydroxylation sites is 1. The Labute approximate surface area is 170 Å². The summed E-state index contributed by atoms with van der Waals surface area (Å²) in [6, 6.07) is 12.7. The second-order valence-electron chi connectivity index (χ2n) is 6.86. The van der Waals surface area contributed by atoms with Crippen molar-refractivity contribution < 1.29 is 14.3 Å². The van der Waals surface area contributed by atoms with Crippen LogP contribution >= 0.6 is 11.6 Å². The molecule has 0 aromatic heterocycles. The summed E-state index contributed by atoms with van der Waals surface area (Å²) in [5, 5.41) is 6.17. The molecule has 0 aliphatic carbocycles. The smallest absolute Gasteiger partial charge is 0.238 e. The Kier molecular flexibility index (Phi) is 7.84. The van der Waals surface area contributed by atoms with E-state index in [-0.39, 0.29) is 24.9 Å². The lowest BCUT2D eigenvalue weighted by Gasteiger charge is -2.18. The Morgan fingerprint density at radius 2 is 1.64 bits per heavy atom. The zero-order chi connectivity index (χ0) is 20.7. The van der Waals surface area contributed by atoms with Crippen LogP contribution < -0.4 is 15.4 Å². The van der Waals surface area contributed by atoms with Crippen molar-refractivity contribution in [3.63, 3.8) is 0 Å². The van der Waals surface area contributed by atoms with E-state index in [1.807, 2.05) is 24.3 Å². The van der Waals surface area contributed by atoms with Crippen LogP contribution in [0.2, 0.25) is 5.02 Å². The highest BCUT2D eigenvalue weighted by Gasteiger charge is 2.14. The van der Waals surface area contributed by atoms with Gasteiger partial charge in [-0.25, -0.2) is 0 Å². The second-order valence-corrected chi connectivity index (χ2v) is 7.29. The number of amides is 2. The lowest BCUT2D eigenvalue weighted by molar-refractivity contribution is -0.119. The zero-order valence-corrected chi connectivity index (χ0v) is 17.3. The summed E-state index contributed by atoms with van der Waals surface area (Å²) in [6.07, 6.45) is 0. The van der Waals surface area contributed by atoms with Gasteiger partial charge in [0.1, 0.15) is 5.75 Å². The standard InChI is InChI=1S/C21H26ClN3O3/c1-14(2)16-7-5-6-8-17(16)23-20(26)12-25(3)13-21(27)24-18-11-15(22)9-10-19(18)28-4/h5-11,14H,12-13H2,1-4H3,(H,23,26)(H,24,27). The summed E-state index contributed by atoms with van der Waals surface area (Å²) in [4.78, 5) is 26.3. The molecule has 0 unspecified atom stereocenters. The van der Waals surface area contributed by atoms with E-state index in [1.54, 1.807) is 30.1 Å². The van der Waals surface area contributed by atoms with Gasteiger partial charge in [0.15, 0.2) is 0 Å². The Morgan fingerprint density at radius 1 is 1.04 bits per heavy atom. The molecule has 150 valence electrons. The molecule has 0 spiro atoms. The van der Waals surface area contributed by atoms with E-state index in [1.165, 1.54) is 7.11 Å². The molecule has 7 heteroatoms. The third kappa shape index (κ3) is 6.25. The summed E-state index contributed by atoms with van der Waals surface area (Å²) in [6.45, 7) is 4.29. The fourth-order valence-electron chi connectivity index (χ4n) is 2.82. The first-order valence-electron chi connectivity index (χ1n) is 9.01. The number of carbonyl (C=O) groups is 2. The van der Waals surface area contributed by atoms with Gasteiger partial charge in [0, 0.05) is 10.7 Å². The topological polar surface area (TPSA) is 70.7 Å². The maximum Gasteiger partial charge on any atom is 0.238 e. The molecule has 2 rings (SSSR count). The lowest BCUT2D eigenvalue weighted by Crippen LogP contribution is -2.36. The monoisotopic (exact) mass is 403 g/mol. The molecule has 0 heterocycles. The second kappa shape index (κ2) is 10.1. The minimum Gasteiger partial charge on any atom is -0.495 e. The Morgan fingerprint density at radius 3 is 2.25 bits per heavy atom. The normalized spacial score (nSPS) is 10.8. The number of nitrogens with one attached hydrogen (secondary N) is 2. The third-order valence-electron chi connectivity index (χ3n) is 4.12.